The van der Waals surface area contributed by atoms with Crippen LogP contribution in [0.1, 0.15) is 42.1 Å². The predicted octanol–water partition coefficient (Wildman–Crippen LogP) is 3.84. The first-order chi connectivity index (χ1) is 13.5. The van der Waals surface area contributed by atoms with Gasteiger partial charge in [0.05, 0.1) is 5.56 Å². The minimum atomic E-state index is -0.715. The number of anilines is 1. The number of H-pyrrole nitrogens is 1. The van der Waals surface area contributed by atoms with Crippen LogP contribution in [0.2, 0.25) is 0 Å². The molecule has 6 nitrogen and oxygen atoms in total. The second-order valence-electron chi connectivity index (χ2n) is 6.61. The molecular formula is C22H22N2O4. The van der Waals surface area contributed by atoms with Crippen molar-refractivity contribution in [1.29, 1.82) is 0 Å². The second kappa shape index (κ2) is 8.52. The van der Waals surface area contributed by atoms with E-state index in [1.807, 2.05) is 24.3 Å². The van der Waals surface area contributed by atoms with E-state index in [0.717, 1.165) is 12.0 Å². The molecule has 1 aromatic heterocycles. The average molecular weight is 378 g/mol. The van der Waals surface area contributed by atoms with Crippen LogP contribution in [-0.2, 0) is 9.53 Å². The van der Waals surface area contributed by atoms with Gasteiger partial charge in [-0.1, -0.05) is 50.2 Å². The monoisotopic (exact) mass is 378 g/mol. The molecule has 144 valence electrons. The fourth-order valence-electron chi connectivity index (χ4n) is 3.03. The summed E-state index contributed by atoms with van der Waals surface area (Å²) in [6.45, 7) is 3.73. The van der Waals surface area contributed by atoms with E-state index < -0.39 is 24.0 Å². The molecule has 1 atom stereocenters. The maximum Gasteiger partial charge on any atom is 0.339 e. The van der Waals surface area contributed by atoms with Crippen molar-refractivity contribution in [3.05, 3.63) is 76.1 Å². The molecule has 3 rings (SSSR count). The number of aromatic nitrogens is 1. The van der Waals surface area contributed by atoms with Crippen LogP contribution in [0.3, 0.4) is 0 Å². The number of hydrogen-bond donors (Lipinski definition) is 2. The first-order valence-electron chi connectivity index (χ1n) is 9.17. The summed E-state index contributed by atoms with van der Waals surface area (Å²) in [5.74, 6) is -0.854. The maximum atomic E-state index is 12.4. The number of benzene rings is 2. The van der Waals surface area contributed by atoms with Crippen LogP contribution >= 0.6 is 0 Å². The van der Waals surface area contributed by atoms with E-state index in [2.05, 4.69) is 24.1 Å². The zero-order valence-corrected chi connectivity index (χ0v) is 15.8. The van der Waals surface area contributed by atoms with Crippen LogP contribution < -0.4 is 10.9 Å². The molecule has 0 spiro atoms. The number of pyridine rings is 1. The second-order valence-corrected chi connectivity index (χ2v) is 6.61. The zero-order chi connectivity index (χ0) is 20.1. The lowest BCUT2D eigenvalue weighted by Crippen LogP contribution is -2.22. The molecule has 0 saturated carbocycles. The van der Waals surface area contributed by atoms with E-state index >= 15 is 0 Å². The Morgan fingerprint density at radius 2 is 1.82 bits per heavy atom. The van der Waals surface area contributed by atoms with Crippen molar-refractivity contribution in [3.63, 3.8) is 0 Å². The van der Waals surface area contributed by atoms with Gasteiger partial charge in [-0.3, -0.25) is 9.59 Å². The molecule has 0 aliphatic heterocycles. The number of nitrogens with one attached hydrogen (secondary N) is 2. The molecule has 2 aromatic carbocycles. The highest BCUT2D eigenvalue weighted by atomic mass is 16.5. The van der Waals surface area contributed by atoms with Gasteiger partial charge in [0.2, 0.25) is 5.56 Å². The summed E-state index contributed by atoms with van der Waals surface area (Å²) < 4.78 is 5.15. The number of hydrogen-bond acceptors (Lipinski definition) is 4. The Morgan fingerprint density at radius 3 is 2.61 bits per heavy atom. The highest BCUT2D eigenvalue weighted by molar-refractivity contribution is 6.04. The molecule has 3 aromatic rings. The molecule has 1 heterocycles. The maximum absolute atomic E-state index is 12.4. The summed E-state index contributed by atoms with van der Waals surface area (Å²) in [6.07, 6.45) is 0.942. The molecule has 0 unspecified atom stereocenters. The van der Waals surface area contributed by atoms with Crippen molar-refractivity contribution >= 4 is 28.5 Å². The van der Waals surface area contributed by atoms with Crippen molar-refractivity contribution in [2.45, 2.75) is 26.2 Å². The predicted molar refractivity (Wildman–Crippen MR) is 109 cm³/mol. The quantitative estimate of drug-likeness (QED) is 0.638. The summed E-state index contributed by atoms with van der Waals surface area (Å²) in [4.78, 5) is 39.2. The van der Waals surface area contributed by atoms with E-state index in [9.17, 15) is 14.4 Å². The van der Waals surface area contributed by atoms with E-state index in [-0.39, 0.29) is 5.56 Å². The summed E-state index contributed by atoms with van der Waals surface area (Å²) in [6, 6.07) is 15.7. The molecule has 1 amide bonds. The van der Waals surface area contributed by atoms with Crippen LogP contribution in [0.4, 0.5) is 5.69 Å². The number of ether oxygens (including phenoxy) is 1. The summed E-state index contributed by atoms with van der Waals surface area (Å²) in [5.41, 5.74) is 2.00. The van der Waals surface area contributed by atoms with Gasteiger partial charge in [-0.15, -0.1) is 0 Å². The van der Waals surface area contributed by atoms with Gasteiger partial charge in [0.25, 0.3) is 5.91 Å². The molecule has 2 N–H and O–H groups in total. The number of carbonyl (C=O) groups is 2. The Morgan fingerprint density at radius 1 is 1.11 bits per heavy atom. The Balaban J connectivity index is 1.71. The van der Waals surface area contributed by atoms with Crippen LogP contribution in [0.15, 0.2) is 59.4 Å². The molecule has 0 fully saturated rings. The number of para-hydroxylation sites is 2. The lowest BCUT2D eigenvalue weighted by molar-refractivity contribution is -0.119. The van der Waals surface area contributed by atoms with Crippen LogP contribution in [0.25, 0.3) is 10.9 Å². The number of rotatable bonds is 6. The van der Waals surface area contributed by atoms with E-state index in [1.54, 1.807) is 24.3 Å². The average Bonchev–Trinajstić information content (AvgIpc) is 2.71. The standard InChI is InChI=1S/C22H22N2O4/c1-3-14(2)15-8-4-6-10-18(15)24-21(26)13-28-22(27)17-12-20(25)23-19-11-7-5-9-16(17)19/h4-12,14H,3,13H2,1-2H3,(H,23,25)(H,24,26)/t14-/m1/s1. The first-order valence-corrected chi connectivity index (χ1v) is 9.17. The smallest absolute Gasteiger partial charge is 0.339 e. The third-order valence-electron chi connectivity index (χ3n) is 4.68. The van der Waals surface area contributed by atoms with E-state index in [0.29, 0.717) is 22.5 Å². The molecule has 0 bridgehead atoms. The highest BCUT2D eigenvalue weighted by Crippen LogP contribution is 2.26. The molecule has 0 radical (unpaired) electrons. The number of esters is 1. The lowest BCUT2D eigenvalue weighted by atomic mass is 9.97. The van der Waals surface area contributed by atoms with Gasteiger partial charge >= 0.3 is 5.97 Å². The first kappa shape index (κ1) is 19.4. The number of carbonyl (C=O) groups excluding carboxylic acids is 2. The normalized spacial score (nSPS) is 11.8. The van der Waals surface area contributed by atoms with Crippen molar-refractivity contribution < 1.29 is 14.3 Å². The van der Waals surface area contributed by atoms with Crippen molar-refractivity contribution in [2.75, 3.05) is 11.9 Å². The number of amides is 1. The van der Waals surface area contributed by atoms with Crippen molar-refractivity contribution in [1.82, 2.24) is 4.98 Å². The SMILES string of the molecule is CC[C@@H](C)c1ccccc1NC(=O)COC(=O)c1cc(=O)[nH]c2ccccc12. The Hall–Kier alpha value is -3.41. The largest absolute Gasteiger partial charge is 0.452 e. The summed E-state index contributed by atoms with van der Waals surface area (Å²) in [5, 5.41) is 3.36. The van der Waals surface area contributed by atoms with Crippen LogP contribution in [0.5, 0.6) is 0 Å². The molecule has 0 aliphatic carbocycles. The van der Waals surface area contributed by atoms with Gasteiger partial charge in [-0.05, 0) is 30.0 Å². The Bertz CT molecular complexity index is 1070. The van der Waals surface area contributed by atoms with Crippen molar-refractivity contribution in [3.8, 4) is 0 Å². The summed E-state index contributed by atoms with van der Waals surface area (Å²) in [7, 11) is 0. The van der Waals surface area contributed by atoms with Crippen LogP contribution in [-0.4, -0.2) is 23.5 Å². The third kappa shape index (κ3) is 4.28. The summed E-state index contributed by atoms with van der Waals surface area (Å²) >= 11 is 0. The Kier molecular flexibility index (Phi) is 5.89. The molecule has 0 aliphatic rings. The zero-order valence-electron chi connectivity index (χ0n) is 15.8. The van der Waals surface area contributed by atoms with Gasteiger partial charge in [0.1, 0.15) is 0 Å². The lowest BCUT2D eigenvalue weighted by Gasteiger charge is -2.15. The van der Waals surface area contributed by atoms with Gasteiger partial charge < -0.3 is 15.0 Å². The number of fused-ring (bicyclic) bond motifs is 1. The van der Waals surface area contributed by atoms with Crippen LogP contribution in [0, 0.1) is 0 Å². The topological polar surface area (TPSA) is 88.3 Å². The minimum absolute atomic E-state index is 0.132. The fourth-order valence-corrected chi connectivity index (χ4v) is 3.03. The van der Waals surface area contributed by atoms with E-state index in [1.165, 1.54) is 6.07 Å². The molecule has 6 heteroatoms. The number of aromatic amines is 1. The van der Waals surface area contributed by atoms with Gasteiger partial charge in [0, 0.05) is 22.7 Å². The molecule has 0 saturated heterocycles. The molecular weight excluding hydrogens is 356 g/mol. The minimum Gasteiger partial charge on any atom is -0.452 e. The highest BCUT2D eigenvalue weighted by Gasteiger charge is 2.16. The Labute approximate surface area is 162 Å². The van der Waals surface area contributed by atoms with Gasteiger partial charge in [-0.2, -0.15) is 0 Å². The van der Waals surface area contributed by atoms with Gasteiger partial charge in [0.15, 0.2) is 6.61 Å². The van der Waals surface area contributed by atoms with Gasteiger partial charge in [-0.25, -0.2) is 4.79 Å². The van der Waals surface area contributed by atoms with E-state index in [4.69, 9.17) is 4.74 Å². The third-order valence-corrected chi connectivity index (χ3v) is 4.68. The molecule has 28 heavy (non-hydrogen) atoms. The fraction of sp³-hybridized carbons (Fsp3) is 0.227. The van der Waals surface area contributed by atoms with Crippen molar-refractivity contribution in [2.24, 2.45) is 0 Å².